The van der Waals surface area contributed by atoms with Crippen LogP contribution in [0.2, 0.25) is 0 Å². The minimum atomic E-state index is 0.0988. The van der Waals surface area contributed by atoms with Gasteiger partial charge in [-0.1, -0.05) is 12.8 Å². The summed E-state index contributed by atoms with van der Waals surface area (Å²) >= 11 is 5.70. The molecule has 0 amide bonds. The molecule has 1 saturated carbocycles. The first-order chi connectivity index (χ1) is 4.33. The van der Waals surface area contributed by atoms with Crippen molar-refractivity contribution >= 4 is 11.6 Å². The molecule has 1 aliphatic rings. The highest BCUT2D eigenvalue weighted by Crippen LogP contribution is 2.38. The van der Waals surface area contributed by atoms with Crippen LogP contribution < -0.4 is 0 Å². The predicted molar refractivity (Wildman–Crippen MR) is 38.7 cm³/mol. The Labute approximate surface area is 61.0 Å². The summed E-state index contributed by atoms with van der Waals surface area (Å²) in [5.74, 6) is 0.628. The zero-order valence-corrected chi connectivity index (χ0v) is 6.32. The highest BCUT2D eigenvalue weighted by molar-refractivity contribution is 6.18. The second kappa shape index (κ2) is 2.89. The predicted octanol–water partition coefficient (Wildman–Crippen LogP) is 1.78. The molecule has 54 valence electrons. The van der Waals surface area contributed by atoms with Crippen LogP contribution in [0.25, 0.3) is 0 Å². The first-order valence-corrected chi connectivity index (χ1v) is 4.03. The van der Waals surface area contributed by atoms with Gasteiger partial charge < -0.3 is 5.11 Å². The Morgan fingerprint density at radius 1 is 1.33 bits per heavy atom. The van der Waals surface area contributed by atoms with Gasteiger partial charge in [-0.25, -0.2) is 0 Å². The lowest BCUT2D eigenvalue weighted by Gasteiger charge is -2.22. The number of halogens is 1. The molecule has 0 bridgehead atoms. The van der Waals surface area contributed by atoms with E-state index in [0.29, 0.717) is 5.88 Å². The van der Waals surface area contributed by atoms with Crippen LogP contribution in [-0.4, -0.2) is 17.6 Å². The summed E-state index contributed by atoms with van der Waals surface area (Å²) < 4.78 is 0. The Morgan fingerprint density at radius 2 is 1.89 bits per heavy atom. The minimum Gasteiger partial charge on any atom is -0.396 e. The second-order valence-electron chi connectivity index (χ2n) is 3.00. The summed E-state index contributed by atoms with van der Waals surface area (Å²) in [5.41, 5.74) is 0.0988. The third-order valence-corrected chi connectivity index (χ3v) is 2.85. The van der Waals surface area contributed by atoms with Gasteiger partial charge in [-0.05, 0) is 12.8 Å². The van der Waals surface area contributed by atoms with Gasteiger partial charge in [0, 0.05) is 17.9 Å². The van der Waals surface area contributed by atoms with Crippen LogP contribution in [0.3, 0.4) is 0 Å². The summed E-state index contributed by atoms with van der Waals surface area (Å²) in [6.07, 6.45) is 4.72. The summed E-state index contributed by atoms with van der Waals surface area (Å²) in [6.45, 7) is 0.274. The topological polar surface area (TPSA) is 20.2 Å². The zero-order chi connectivity index (χ0) is 6.74. The maximum Gasteiger partial charge on any atom is 0.0498 e. The standard InChI is InChI=1S/C7H13ClO/c8-5-7(6-9)3-1-2-4-7/h9H,1-6H2. The first kappa shape index (κ1) is 7.36. The van der Waals surface area contributed by atoms with Crippen LogP contribution in [0.15, 0.2) is 0 Å². The van der Waals surface area contributed by atoms with Gasteiger partial charge in [0.1, 0.15) is 0 Å². The zero-order valence-electron chi connectivity index (χ0n) is 5.57. The molecule has 0 saturated heterocycles. The number of rotatable bonds is 2. The van der Waals surface area contributed by atoms with Crippen LogP contribution in [0.5, 0.6) is 0 Å². The first-order valence-electron chi connectivity index (χ1n) is 3.50. The van der Waals surface area contributed by atoms with Gasteiger partial charge in [-0.15, -0.1) is 11.6 Å². The molecule has 0 aromatic rings. The summed E-state index contributed by atoms with van der Waals surface area (Å²) in [6, 6.07) is 0. The molecule has 2 heteroatoms. The molecular formula is C7H13ClO. The average Bonchev–Trinajstić information content (AvgIpc) is 2.36. The highest BCUT2D eigenvalue weighted by Gasteiger charge is 2.31. The van der Waals surface area contributed by atoms with E-state index in [4.69, 9.17) is 16.7 Å². The largest absolute Gasteiger partial charge is 0.396 e. The van der Waals surface area contributed by atoms with Crippen molar-refractivity contribution in [2.24, 2.45) is 5.41 Å². The van der Waals surface area contributed by atoms with Crippen molar-refractivity contribution in [2.75, 3.05) is 12.5 Å². The van der Waals surface area contributed by atoms with Crippen LogP contribution in [0, 0.1) is 5.41 Å². The number of alkyl halides is 1. The van der Waals surface area contributed by atoms with E-state index < -0.39 is 0 Å². The third-order valence-electron chi connectivity index (χ3n) is 2.28. The van der Waals surface area contributed by atoms with Crippen molar-refractivity contribution in [1.82, 2.24) is 0 Å². The molecular weight excluding hydrogens is 136 g/mol. The molecule has 1 rings (SSSR count). The van der Waals surface area contributed by atoms with Gasteiger partial charge in [-0.3, -0.25) is 0 Å². The number of aliphatic hydroxyl groups excluding tert-OH is 1. The Kier molecular flexibility index (Phi) is 2.36. The van der Waals surface area contributed by atoms with E-state index >= 15 is 0 Å². The summed E-state index contributed by atoms with van der Waals surface area (Å²) in [4.78, 5) is 0. The van der Waals surface area contributed by atoms with E-state index in [0.717, 1.165) is 12.8 Å². The van der Waals surface area contributed by atoms with Crippen molar-refractivity contribution in [3.05, 3.63) is 0 Å². The molecule has 0 heterocycles. The van der Waals surface area contributed by atoms with E-state index in [1.807, 2.05) is 0 Å². The summed E-state index contributed by atoms with van der Waals surface area (Å²) in [5, 5.41) is 8.93. The fraction of sp³-hybridized carbons (Fsp3) is 1.00. The van der Waals surface area contributed by atoms with Crippen molar-refractivity contribution in [3.63, 3.8) is 0 Å². The Hall–Kier alpha value is 0.250. The highest BCUT2D eigenvalue weighted by atomic mass is 35.5. The van der Waals surface area contributed by atoms with Gasteiger partial charge in [0.25, 0.3) is 0 Å². The molecule has 0 aromatic heterocycles. The normalized spacial score (nSPS) is 24.7. The Bertz CT molecular complexity index is 80.9. The van der Waals surface area contributed by atoms with E-state index in [1.165, 1.54) is 12.8 Å². The van der Waals surface area contributed by atoms with Gasteiger partial charge >= 0.3 is 0 Å². The molecule has 1 nitrogen and oxygen atoms in total. The third kappa shape index (κ3) is 1.39. The fourth-order valence-corrected chi connectivity index (χ4v) is 1.81. The molecule has 0 radical (unpaired) electrons. The lowest BCUT2D eigenvalue weighted by Crippen LogP contribution is -2.22. The molecule has 1 aliphatic carbocycles. The minimum absolute atomic E-state index is 0.0988. The van der Waals surface area contributed by atoms with Gasteiger partial charge in [-0.2, -0.15) is 0 Å². The summed E-state index contributed by atoms with van der Waals surface area (Å²) in [7, 11) is 0. The van der Waals surface area contributed by atoms with E-state index in [9.17, 15) is 0 Å². The smallest absolute Gasteiger partial charge is 0.0498 e. The number of hydrogen-bond donors (Lipinski definition) is 1. The van der Waals surface area contributed by atoms with Gasteiger partial charge in [0.05, 0.1) is 0 Å². The second-order valence-corrected chi connectivity index (χ2v) is 3.27. The van der Waals surface area contributed by atoms with Crippen molar-refractivity contribution < 1.29 is 5.11 Å². The SMILES string of the molecule is OCC1(CCl)CCCC1. The molecule has 9 heavy (non-hydrogen) atoms. The van der Waals surface area contributed by atoms with Gasteiger partial charge in [0.15, 0.2) is 0 Å². The molecule has 0 aliphatic heterocycles. The Balaban J connectivity index is 2.45. The molecule has 1 N–H and O–H groups in total. The lowest BCUT2D eigenvalue weighted by atomic mass is 9.90. The van der Waals surface area contributed by atoms with Crippen molar-refractivity contribution in [2.45, 2.75) is 25.7 Å². The number of hydrogen-bond acceptors (Lipinski definition) is 1. The van der Waals surface area contributed by atoms with Crippen LogP contribution in [-0.2, 0) is 0 Å². The molecule has 0 unspecified atom stereocenters. The van der Waals surface area contributed by atoms with Crippen LogP contribution in [0.4, 0.5) is 0 Å². The molecule has 0 atom stereocenters. The van der Waals surface area contributed by atoms with E-state index in [1.54, 1.807) is 0 Å². The van der Waals surface area contributed by atoms with Crippen LogP contribution in [0.1, 0.15) is 25.7 Å². The van der Waals surface area contributed by atoms with E-state index in [2.05, 4.69) is 0 Å². The molecule has 0 aromatic carbocycles. The van der Waals surface area contributed by atoms with Crippen molar-refractivity contribution in [1.29, 1.82) is 0 Å². The monoisotopic (exact) mass is 148 g/mol. The molecule has 1 fully saturated rings. The van der Waals surface area contributed by atoms with Gasteiger partial charge in [0.2, 0.25) is 0 Å². The quantitative estimate of drug-likeness (QED) is 0.592. The average molecular weight is 149 g/mol. The van der Waals surface area contributed by atoms with E-state index in [-0.39, 0.29) is 12.0 Å². The lowest BCUT2D eigenvalue weighted by molar-refractivity contribution is 0.152. The molecule has 0 spiro atoms. The fourth-order valence-electron chi connectivity index (χ4n) is 1.46. The maximum absolute atomic E-state index is 8.93. The maximum atomic E-state index is 8.93. The number of aliphatic hydroxyl groups is 1. The van der Waals surface area contributed by atoms with Crippen molar-refractivity contribution in [3.8, 4) is 0 Å². The Morgan fingerprint density at radius 3 is 2.11 bits per heavy atom. The van der Waals surface area contributed by atoms with Crippen LogP contribution >= 0.6 is 11.6 Å².